The average Bonchev–Trinajstić information content (AvgIpc) is 2.31. The van der Waals surface area contributed by atoms with E-state index >= 15 is 0 Å². The summed E-state index contributed by atoms with van der Waals surface area (Å²) in [5.41, 5.74) is -0.501. The lowest BCUT2D eigenvalue weighted by Gasteiger charge is -2.18. The van der Waals surface area contributed by atoms with Crippen LogP contribution in [0.25, 0.3) is 6.08 Å². The molecule has 0 fully saturated rings. The molecule has 0 spiro atoms. The zero-order valence-electron chi connectivity index (χ0n) is 11.6. The van der Waals surface area contributed by atoms with Gasteiger partial charge in [0.1, 0.15) is 5.60 Å². The molecule has 0 radical (unpaired) electrons. The molecule has 1 aromatic carbocycles. The van der Waals surface area contributed by atoms with Crippen LogP contribution in [0.5, 0.6) is 5.75 Å². The predicted molar refractivity (Wildman–Crippen MR) is 72.8 cm³/mol. The van der Waals surface area contributed by atoms with Crippen molar-refractivity contribution < 1.29 is 23.0 Å². The molecule has 0 saturated carbocycles. The van der Waals surface area contributed by atoms with E-state index in [1.165, 1.54) is 19.3 Å². The summed E-state index contributed by atoms with van der Waals surface area (Å²) >= 11 is 5.55. The minimum absolute atomic E-state index is 0.141. The van der Waals surface area contributed by atoms with Gasteiger partial charge in [0.15, 0.2) is 11.6 Å². The third-order valence-corrected chi connectivity index (χ3v) is 2.43. The second-order valence-electron chi connectivity index (χ2n) is 4.98. The normalized spacial score (nSPS) is 11.8. The maximum Gasteiger partial charge on any atom is 0.331 e. The van der Waals surface area contributed by atoms with Crippen LogP contribution < -0.4 is 4.74 Å². The maximum atomic E-state index is 13.6. The second kappa shape index (κ2) is 6.22. The standard InChI is InChI=1S/C14H15ClF2O3/c1-14(2,3)20-10(18)6-5-8-7-9(15)11(16)12(17)13(8)19-4/h5-7H,1-4H3/b6-5+. The average molecular weight is 305 g/mol. The first-order valence-corrected chi connectivity index (χ1v) is 6.16. The van der Waals surface area contributed by atoms with E-state index in [0.29, 0.717) is 0 Å². The first kappa shape index (κ1) is 16.4. The Morgan fingerprint density at radius 2 is 1.90 bits per heavy atom. The van der Waals surface area contributed by atoms with E-state index < -0.39 is 28.2 Å². The summed E-state index contributed by atoms with van der Waals surface area (Å²) < 4.78 is 36.7. The van der Waals surface area contributed by atoms with Gasteiger partial charge in [-0.25, -0.2) is 9.18 Å². The fourth-order valence-electron chi connectivity index (χ4n) is 1.42. The number of carbonyl (C=O) groups is 1. The van der Waals surface area contributed by atoms with Gasteiger partial charge in [0.2, 0.25) is 5.82 Å². The van der Waals surface area contributed by atoms with Crippen LogP contribution >= 0.6 is 11.6 Å². The molecule has 0 aromatic heterocycles. The zero-order chi connectivity index (χ0) is 15.5. The first-order valence-electron chi connectivity index (χ1n) is 5.78. The van der Waals surface area contributed by atoms with Crippen molar-refractivity contribution >= 4 is 23.6 Å². The Morgan fingerprint density at radius 1 is 1.30 bits per heavy atom. The first-order chi connectivity index (χ1) is 9.15. The molecular formula is C14H15ClF2O3. The Kier molecular flexibility index (Phi) is 5.11. The van der Waals surface area contributed by atoms with Crippen molar-refractivity contribution in [1.82, 2.24) is 0 Å². The SMILES string of the molecule is COc1c(/C=C/C(=O)OC(C)(C)C)cc(Cl)c(F)c1F. The molecule has 0 amide bonds. The Balaban J connectivity index is 3.06. The predicted octanol–water partition coefficient (Wildman–Crippen LogP) is 3.98. The van der Waals surface area contributed by atoms with E-state index in [1.807, 2.05) is 0 Å². The summed E-state index contributed by atoms with van der Waals surface area (Å²) in [5.74, 6) is -3.34. The zero-order valence-corrected chi connectivity index (χ0v) is 12.3. The molecule has 1 aromatic rings. The van der Waals surface area contributed by atoms with E-state index in [-0.39, 0.29) is 11.3 Å². The molecule has 1 rings (SSSR count). The van der Waals surface area contributed by atoms with Crippen molar-refractivity contribution in [3.8, 4) is 5.75 Å². The number of ether oxygens (including phenoxy) is 2. The lowest BCUT2D eigenvalue weighted by Crippen LogP contribution is -2.22. The van der Waals surface area contributed by atoms with Crippen LogP contribution in [0.15, 0.2) is 12.1 Å². The molecule has 6 heteroatoms. The number of carbonyl (C=O) groups excluding carboxylic acids is 1. The van der Waals surface area contributed by atoms with Crippen molar-refractivity contribution in [3.63, 3.8) is 0 Å². The summed E-state index contributed by atoms with van der Waals surface area (Å²) in [6, 6.07) is 1.17. The molecule has 0 aliphatic carbocycles. The van der Waals surface area contributed by atoms with Gasteiger partial charge in [-0.15, -0.1) is 0 Å². The van der Waals surface area contributed by atoms with E-state index in [4.69, 9.17) is 21.1 Å². The molecular weight excluding hydrogens is 290 g/mol. The summed E-state index contributed by atoms with van der Waals surface area (Å²) in [7, 11) is 1.19. The number of methoxy groups -OCH3 is 1. The van der Waals surface area contributed by atoms with Gasteiger partial charge in [0.05, 0.1) is 12.1 Å². The third-order valence-electron chi connectivity index (χ3n) is 2.16. The number of rotatable bonds is 3. The molecule has 0 unspecified atom stereocenters. The van der Waals surface area contributed by atoms with Gasteiger partial charge in [-0.2, -0.15) is 4.39 Å². The van der Waals surface area contributed by atoms with E-state index in [9.17, 15) is 13.6 Å². The molecule has 0 saturated heterocycles. The molecule has 0 bridgehead atoms. The van der Waals surface area contributed by atoms with Gasteiger partial charge in [-0.05, 0) is 32.9 Å². The number of hydrogen-bond acceptors (Lipinski definition) is 3. The summed E-state index contributed by atoms with van der Waals surface area (Å²) in [4.78, 5) is 11.5. The minimum Gasteiger partial charge on any atom is -0.493 e. The smallest absolute Gasteiger partial charge is 0.331 e. The number of halogens is 3. The van der Waals surface area contributed by atoms with Crippen molar-refractivity contribution in [3.05, 3.63) is 34.4 Å². The Morgan fingerprint density at radius 3 is 2.40 bits per heavy atom. The highest BCUT2D eigenvalue weighted by atomic mass is 35.5. The molecule has 0 aliphatic heterocycles. The van der Waals surface area contributed by atoms with Gasteiger partial charge in [0.25, 0.3) is 0 Å². The lowest BCUT2D eigenvalue weighted by atomic mass is 10.1. The van der Waals surface area contributed by atoms with Gasteiger partial charge in [0, 0.05) is 11.6 Å². The Hall–Kier alpha value is -1.62. The van der Waals surface area contributed by atoms with E-state index in [1.54, 1.807) is 20.8 Å². The summed E-state index contributed by atoms with van der Waals surface area (Å²) in [6.07, 6.45) is 2.35. The lowest BCUT2D eigenvalue weighted by molar-refractivity contribution is -0.148. The van der Waals surface area contributed by atoms with Crippen LogP contribution in [-0.2, 0) is 9.53 Å². The fourth-order valence-corrected chi connectivity index (χ4v) is 1.62. The minimum atomic E-state index is -1.20. The van der Waals surface area contributed by atoms with Crippen molar-refractivity contribution in [2.24, 2.45) is 0 Å². The number of esters is 1. The van der Waals surface area contributed by atoms with Crippen LogP contribution in [0.1, 0.15) is 26.3 Å². The van der Waals surface area contributed by atoms with Gasteiger partial charge >= 0.3 is 5.97 Å². The molecule has 0 atom stereocenters. The van der Waals surface area contributed by atoms with Crippen LogP contribution in [0.4, 0.5) is 8.78 Å². The van der Waals surface area contributed by atoms with Gasteiger partial charge in [-0.1, -0.05) is 11.6 Å². The van der Waals surface area contributed by atoms with Crippen LogP contribution in [-0.4, -0.2) is 18.7 Å². The molecule has 3 nitrogen and oxygen atoms in total. The second-order valence-corrected chi connectivity index (χ2v) is 5.38. The van der Waals surface area contributed by atoms with Crippen LogP contribution in [0, 0.1) is 11.6 Å². The topological polar surface area (TPSA) is 35.5 Å². The quantitative estimate of drug-likeness (QED) is 0.481. The van der Waals surface area contributed by atoms with Gasteiger partial charge < -0.3 is 9.47 Å². The number of hydrogen-bond donors (Lipinski definition) is 0. The fraction of sp³-hybridized carbons (Fsp3) is 0.357. The largest absolute Gasteiger partial charge is 0.493 e. The summed E-state index contributed by atoms with van der Waals surface area (Å²) in [5, 5.41) is -0.396. The monoisotopic (exact) mass is 304 g/mol. The summed E-state index contributed by atoms with van der Waals surface area (Å²) in [6.45, 7) is 5.15. The van der Waals surface area contributed by atoms with Gasteiger partial charge in [-0.3, -0.25) is 0 Å². The highest BCUT2D eigenvalue weighted by Gasteiger charge is 2.18. The Labute approximate surface area is 121 Å². The molecule has 0 heterocycles. The van der Waals surface area contributed by atoms with Crippen molar-refractivity contribution in [2.45, 2.75) is 26.4 Å². The molecule has 0 N–H and O–H groups in total. The van der Waals surface area contributed by atoms with E-state index in [2.05, 4.69) is 0 Å². The highest BCUT2D eigenvalue weighted by molar-refractivity contribution is 6.31. The van der Waals surface area contributed by atoms with Crippen LogP contribution in [0.2, 0.25) is 5.02 Å². The maximum absolute atomic E-state index is 13.6. The number of benzene rings is 1. The van der Waals surface area contributed by atoms with Crippen molar-refractivity contribution in [2.75, 3.05) is 7.11 Å². The van der Waals surface area contributed by atoms with Crippen molar-refractivity contribution in [1.29, 1.82) is 0 Å². The van der Waals surface area contributed by atoms with E-state index in [0.717, 1.165) is 6.08 Å². The molecule has 110 valence electrons. The third kappa shape index (κ3) is 4.20. The molecule has 0 aliphatic rings. The van der Waals surface area contributed by atoms with Crippen LogP contribution in [0.3, 0.4) is 0 Å². The molecule has 20 heavy (non-hydrogen) atoms. The highest BCUT2D eigenvalue weighted by Crippen LogP contribution is 2.31. The Bertz CT molecular complexity index is 548.